The van der Waals surface area contributed by atoms with Gasteiger partial charge in [0.2, 0.25) is 5.95 Å². The molecule has 1 atom stereocenters. The number of hydrogen-bond donors (Lipinski definition) is 1. The Morgan fingerprint density at radius 3 is 2.73 bits per heavy atom. The first-order valence-electron chi connectivity index (χ1n) is 7.76. The average molecular weight is 301 g/mol. The van der Waals surface area contributed by atoms with Crippen molar-refractivity contribution in [2.24, 2.45) is 0 Å². The number of aliphatic hydroxyl groups excluding tert-OH is 1. The highest BCUT2D eigenvalue weighted by atomic mass is 16.5. The monoisotopic (exact) mass is 301 g/mol. The smallest absolute Gasteiger partial charge is 0.225 e. The van der Waals surface area contributed by atoms with E-state index in [-0.39, 0.29) is 0 Å². The molecule has 1 N–H and O–H groups in total. The summed E-state index contributed by atoms with van der Waals surface area (Å²) in [7, 11) is 3.48. The van der Waals surface area contributed by atoms with Crippen molar-refractivity contribution in [2.45, 2.75) is 32.3 Å². The fourth-order valence-corrected chi connectivity index (χ4v) is 3.15. The van der Waals surface area contributed by atoms with Crippen LogP contribution in [0.5, 0.6) is 0 Å². The lowest BCUT2D eigenvalue weighted by Crippen LogP contribution is -2.33. The number of anilines is 1. The maximum Gasteiger partial charge on any atom is 0.225 e. The largest absolute Gasteiger partial charge is 0.389 e. The summed E-state index contributed by atoms with van der Waals surface area (Å²) < 4.78 is 4.97. The molecule has 0 aliphatic heterocycles. The van der Waals surface area contributed by atoms with Gasteiger partial charge in [-0.25, -0.2) is 9.97 Å². The Labute approximate surface area is 130 Å². The van der Waals surface area contributed by atoms with Gasteiger partial charge in [0.15, 0.2) is 0 Å². The van der Waals surface area contributed by atoms with Gasteiger partial charge in [-0.05, 0) is 49.4 Å². The number of hydrogen-bond acceptors (Lipinski definition) is 5. The maximum atomic E-state index is 9.87. The highest BCUT2D eigenvalue weighted by molar-refractivity contribution is 5.83. The number of benzene rings is 1. The van der Waals surface area contributed by atoms with E-state index in [9.17, 15) is 5.11 Å². The van der Waals surface area contributed by atoms with Crippen molar-refractivity contribution in [2.75, 3.05) is 32.2 Å². The zero-order valence-electron chi connectivity index (χ0n) is 13.5. The van der Waals surface area contributed by atoms with Gasteiger partial charge in [-0.15, -0.1) is 0 Å². The Balaban J connectivity index is 1.93. The summed E-state index contributed by atoms with van der Waals surface area (Å²) in [6, 6.07) is 4.45. The van der Waals surface area contributed by atoms with E-state index in [1.807, 2.05) is 18.9 Å². The molecule has 0 spiro atoms. The summed E-state index contributed by atoms with van der Waals surface area (Å²) in [5.41, 5.74) is 4.84. The Morgan fingerprint density at radius 2 is 2.00 bits per heavy atom. The molecular weight excluding hydrogens is 278 g/mol. The summed E-state index contributed by atoms with van der Waals surface area (Å²) in [5, 5.41) is 11.0. The van der Waals surface area contributed by atoms with Crippen LogP contribution in [0.2, 0.25) is 0 Å². The van der Waals surface area contributed by atoms with E-state index in [0.717, 1.165) is 29.4 Å². The minimum Gasteiger partial charge on any atom is -0.389 e. The fourth-order valence-electron chi connectivity index (χ4n) is 3.15. The van der Waals surface area contributed by atoms with E-state index in [2.05, 4.69) is 22.1 Å². The quantitative estimate of drug-likeness (QED) is 0.913. The van der Waals surface area contributed by atoms with Gasteiger partial charge in [-0.3, -0.25) is 0 Å². The Bertz CT molecular complexity index is 687. The van der Waals surface area contributed by atoms with Crippen LogP contribution in [-0.4, -0.2) is 48.5 Å². The summed E-state index contributed by atoms with van der Waals surface area (Å²) >= 11 is 0. The molecule has 0 radical (unpaired) electrons. The van der Waals surface area contributed by atoms with Crippen molar-refractivity contribution in [1.82, 2.24) is 9.97 Å². The second-order valence-corrected chi connectivity index (χ2v) is 6.09. The van der Waals surface area contributed by atoms with Crippen molar-refractivity contribution in [3.05, 3.63) is 29.0 Å². The first-order valence-corrected chi connectivity index (χ1v) is 7.76. The summed E-state index contributed by atoms with van der Waals surface area (Å²) in [4.78, 5) is 11.2. The molecule has 0 saturated heterocycles. The van der Waals surface area contributed by atoms with Gasteiger partial charge in [0.1, 0.15) is 0 Å². The van der Waals surface area contributed by atoms with Crippen LogP contribution in [0, 0.1) is 6.92 Å². The number of nitrogens with zero attached hydrogens (tertiary/aromatic N) is 3. The molecule has 1 heterocycles. The summed E-state index contributed by atoms with van der Waals surface area (Å²) in [6.45, 7) is 2.78. The number of rotatable bonds is 5. The molecule has 0 amide bonds. The van der Waals surface area contributed by atoms with Crippen molar-refractivity contribution in [3.63, 3.8) is 0 Å². The van der Waals surface area contributed by atoms with Crippen LogP contribution in [0.1, 0.15) is 23.2 Å². The maximum absolute atomic E-state index is 9.87. The van der Waals surface area contributed by atoms with Gasteiger partial charge < -0.3 is 14.7 Å². The van der Waals surface area contributed by atoms with Crippen LogP contribution in [0.25, 0.3) is 10.9 Å². The minimum atomic E-state index is -0.547. The van der Waals surface area contributed by atoms with E-state index >= 15 is 0 Å². The van der Waals surface area contributed by atoms with Crippen LogP contribution >= 0.6 is 0 Å². The molecule has 5 heteroatoms. The van der Waals surface area contributed by atoms with E-state index in [0.29, 0.717) is 19.1 Å². The summed E-state index contributed by atoms with van der Waals surface area (Å²) in [6.07, 6.45) is 2.99. The number of fused-ring (bicyclic) bond motifs is 2. The number of aryl methyl sites for hydroxylation is 3. The number of aliphatic hydroxyl groups is 1. The summed E-state index contributed by atoms with van der Waals surface area (Å²) in [5.74, 6) is 0.651. The number of methoxy groups -OCH3 is 1. The molecule has 22 heavy (non-hydrogen) atoms. The molecule has 1 aromatic heterocycles. The van der Waals surface area contributed by atoms with Gasteiger partial charge in [0.25, 0.3) is 0 Å². The lowest BCUT2D eigenvalue weighted by molar-refractivity contribution is 0.0693. The van der Waals surface area contributed by atoms with E-state index < -0.39 is 6.10 Å². The Morgan fingerprint density at radius 1 is 1.27 bits per heavy atom. The van der Waals surface area contributed by atoms with Gasteiger partial charge >= 0.3 is 0 Å². The zero-order chi connectivity index (χ0) is 15.7. The molecular formula is C17H23N3O2. The molecule has 3 rings (SSSR count). The predicted octanol–water partition coefficient (Wildman–Crippen LogP) is 1.87. The first-order chi connectivity index (χ1) is 10.6. The normalized spacial score (nSPS) is 15.1. The first kappa shape index (κ1) is 15.2. The third kappa shape index (κ3) is 2.91. The predicted molar refractivity (Wildman–Crippen MR) is 87.5 cm³/mol. The van der Waals surface area contributed by atoms with Gasteiger partial charge in [-0.2, -0.15) is 0 Å². The molecule has 1 aromatic carbocycles. The average Bonchev–Trinajstić information content (AvgIpc) is 2.92. The molecule has 2 aromatic rings. The second-order valence-electron chi connectivity index (χ2n) is 6.09. The number of ether oxygens (including phenoxy) is 1. The van der Waals surface area contributed by atoms with Crippen LogP contribution in [0.3, 0.4) is 0 Å². The molecule has 0 fully saturated rings. The Kier molecular flexibility index (Phi) is 4.27. The molecule has 118 valence electrons. The van der Waals surface area contributed by atoms with Crippen molar-refractivity contribution >= 4 is 16.9 Å². The van der Waals surface area contributed by atoms with Crippen LogP contribution in [-0.2, 0) is 17.6 Å². The molecule has 1 aliphatic carbocycles. The van der Waals surface area contributed by atoms with Crippen LogP contribution in [0.15, 0.2) is 12.1 Å². The minimum absolute atomic E-state index is 0.310. The van der Waals surface area contributed by atoms with Gasteiger partial charge in [-0.1, -0.05) is 0 Å². The third-order valence-corrected chi connectivity index (χ3v) is 4.27. The lowest BCUT2D eigenvalue weighted by Gasteiger charge is -2.21. The molecule has 1 aliphatic rings. The fraction of sp³-hybridized carbons (Fsp3) is 0.529. The van der Waals surface area contributed by atoms with Crippen LogP contribution in [0.4, 0.5) is 5.95 Å². The molecule has 0 saturated carbocycles. The second kappa shape index (κ2) is 6.18. The lowest BCUT2D eigenvalue weighted by atomic mass is 10.1. The standard InChI is InChI=1S/C17H23N3O2/c1-11-15-7-12-5-4-6-13(12)8-16(15)19-17(18-11)20(2)9-14(21)10-22-3/h7-8,14,21H,4-6,9-10H2,1-3H3/t14-/m0/s1. The van der Waals surface area contributed by atoms with E-state index in [1.165, 1.54) is 17.5 Å². The van der Waals surface area contributed by atoms with Crippen LogP contribution < -0.4 is 4.90 Å². The van der Waals surface area contributed by atoms with E-state index in [4.69, 9.17) is 4.74 Å². The number of likely N-dealkylation sites (N-methyl/N-ethyl adjacent to an activating group) is 1. The van der Waals surface area contributed by atoms with Gasteiger partial charge in [0.05, 0.1) is 23.9 Å². The highest BCUT2D eigenvalue weighted by Gasteiger charge is 2.16. The molecule has 0 unspecified atom stereocenters. The van der Waals surface area contributed by atoms with Gasteiger partial charge in [0, 0.05) is 26.1 Å². The SMILES string of the molecule is COC[C@@H](O)CN(C)c1nc(C)c2cc3c(cc2n1)CCC3. The zero-order valence-corrected chi connectivity index (χ0v) is 13.5. The van der Waals surface area contributed by atoms with E-state index in [1.54, 1.807) is 7.11 Å². The molecule has 5 nitrogen and oxygen atoms in total. The number of aromatic nitrogens is 2. The Hall–Kier alpha value is -1.72. The van der Waals surface area contributed by atoms with Crippen molar-refractivity contribution in [3.8, 4) is 0 Å². The third-order valence-electron chi connectivity index (χ3n) is 4.27. The highest BCUT2D eigenvalue weighted by Crippen LogP contribution is 2.28. The van der Waals surface area contributed by atoms with Crippen molar-refractivity contribution < 1.29 is 9.84 Å². The molecule has 0 bridgehead atoms. The topological polar surface area (TPSA) is 58.5 Å². The van der Waals surface area contributed by atoms with Crippen molar-refractivity contribution in [1.29, 1.82) is 0 Å².